The molecular formula is C13H16N2. The lowest BCUT2D eigenvalue weighted by Crippen LogP contribution is -1.94. The summed E-state index contributed by atoms with van der Waals surface area (Å²) in [5.41, 5.74) is 3.87. The minimum absolute atomic E-state index is 0.935. The monoisotopic (exact) mass is 200 g/mol. The molecule has 0 aliphatic heterocycles. The third-order valence-corrected chi connectivity index (χ3v) is 2.59. The van der Waals surface area contributed by atoms with Crippen molar-refractivity contribution in [2.45, 2.75) is 19.8 Å². The van der Waals surface area contributed by atoms with Crippen LogP contribution in [0.15, 0.2) is 36.5 Å². The van der Waals surface area contributed by atoms with E-state index in [9.17, 15) is 0 Å². The molecule has 1 aromatic heterocycles. The second-order valence-electron chi connectivity index (χ2n) is 3.79. The Kier molecular flexibility index (Phi) is 2.86. The highest BCUT2D eigenvalue weighted by Gasteiger charge is 2.06. The molecule has 1 aromatic carbocycles. The standard InChI is InChI=1S/C13H16N2/c1-3-12-10-15(2)14-13(12)9-11-7-5-4-6-8-11/h4-8,10H,3,9H2,1-2H3. The van der Waals surface area contributed by atoms with Crippen LogP contribution < -0.4 is 0 Å². The number of rotatable bonds is 3. The molecule has 0 saturated heterocycles. The maximum absolute atomic E-state index is 4.49. The average molecular weight is 200 g/mol. The fraction of sp³-hybridized carbons (Fsp3) is 0.308. The number of nitrogens with zero attached hydrogens (tertiary/aromatic N) is 2. The van der Waals surface area contributed by atoms with Crippen molar-refractivity contribution in [3.63, 3.8) is 0 Å². The zero-order valence-electron chi connectivity index (χ0n) is 9.27. The van der Waals surface area contributed by atoms with E-state index in [1.165, 1.54) is 16.8 Å². The van der Waals surface area contributed by atoms with Crippen LogP contribution in [0.3, 0.4) is 0 Å². The van der Waals surface area contributed by atoms with Crippen LogP contribution in [-0.4, -0.2) is 9.78 Å². The maximum Gasteiger partial charge on any atom is 0.0700 e. The van der Waals surface area contributed by atoms with E-state index in [0.717, 1.165) is 12.8 Å². The molecule has 0 aliphatic rings. The summed E-state index contributed by atoms with van der Waals surface area (Å²) in [6, 6.07) is 10.5. The molecule has 2 rings (SSSR count). The lowest BCUT2D eigenvalue weighted by Gasteiger charge is -1.99. The minimum atomic E-state index is 0.935. The van der Waals surface area contributed by atoms with E-state index in [4.69, 9.17) is 0 Å². The largest absolute Gasteiger partial charge is 0.275 e. The van der Waals surface area contributed by atoms with Crippen molar-refractivity contribution in [1.82, 2.24) is 9.78 Å². The fourth-order valence-electron chi connectivity index (χ4n) is 1.82. The van der Waals surface area contributed by atoms with Gasteiger partial charge in [-0.1, -0.05) is 37.3 Å². The van der Waals surface area contributed by atoms with Gasteiger partial charge in [0.25, 0.3) is 0 Å². The minimum Gasteiger partial charge on any atom is -0.275 e. The number of aryl methyl sites for hydroxylation is 2. The molecule has 15 heavy (non-hydrogen) atoms. The second-order valence-corrected chi connectivity index (χ2v) is 3.79. The molecule has 2 heteroatoms. The summed E-state index contributed by atoms with van der Waals surface area (Å²) >= 11 is 0. The highest BCUT2D eigenvalue weighted by molar-refractivity contribution is 5.26. The number of hydrogen-bond donors (Lipinski definition) is 0. The van der Waals surface area contributed by atoms with Gasteiger partial charge in [-0.3, -0.25) is 4.68 Å². The molecule has 0 amide bonds. The van der Waals surface area contributed by atoms with Crippen LogP contribution in [0.25, 0.3) is 0 Å². The topological polar surface area (TPSA) is 17.8 Å². The van der Waals surface area contributed by atoms with Gasteiger partial charge in [-0.25, -0.2) is 0 Å². The highest BCUT2D eigenvalue weighted by Crippen LogP contribution is 2.12. The van der Waals surface area contributed by atoms with Crippen molar-refractivity contribution < 1.29 is 0 Å². The lowest BCUT2D eigenvalue weighted by molar-refractivity contribution is 0.749. The van der Waals surface area contributed by atoms with Crippen molar-refractivity contribution in [2.75, 3.05) is 0 Å². The molecule has 2 nitrogen and oxygen atoms in total. The van der Waals surface area contributed by atoms with Crippen molar-refractivity contribution >= 4 is 0 Å². The third-order valence-electron chi connectivity index (χ3n) is 2.59. The molecule has 2 aromatic rings. The second kappa shape index (κ2) is 4.30. The van der Waals surface area contributed by atoms with Gasteiger partial charge >= 0.3 is 0 Å². The summed E-state index contributed by atoms with van der Waals surface area (Å²) < 4.78 is 1.90. The molecule has 0 fully saturated rings. The number of hydrogen-bond acceptors (Lipinski definition) is 1. The van der Waals surface area contributed by atoms with Gasteiger partial charge in [0.2, 0.25) is 0 Å². The van der Waals surface area contributed by atoms with Gasteiger partial charge < -0.3 is 0 Å². The van der Waals surface area contributed by atoms with Gasteiger partial charge in [0.1, 0.15) is 0 Å². The summed E-state index contributed by atoms with van der Waals surface area (Å²) in [4.78, 5) is 0. The van der Waals surface area contributed by atoms with Crippen LogP contribution >= 0.6 is 0 Å². The van der Waals surface area contributed by atoms with Gasteiger partial charge in [0, 0.05) is 19.7 Å². The zero-order valence-corrected chi connectivity index (χ0v) is 9.27. The molecule has 0 bridgehead atoms. The van der Waals surface area contributed by atoms with Crippen LogP contribution in [0.5, 0.6) is 0 Å². The molecule has 0 spiro atoms. The Morgan fingerprint density at radius 3 is 2.60 bits per heavy atom. The number of benzene rings is 1. The first-order valence-corrected chi connectivity index (χ1v) is 5.35. The Balaban J connectivity index is 2.24. The Hall–Kier alpha value is -1.57. The summed E-state index contributed by atoms with van der Waals surface area (Å²) in [6.45, 7) is 2.17. The molecule has 0 N–H and O–H groups in total. The summed E-state index contributed by atoms with van der Waals surface area (Å²) in [7, 11) is 1.98. The SMILES string of the molecule is CCc1cn(C)nc1Cc1ccccc1. The van der Waals surface area contributed by atoms with Crippen LogP contribution in [0.4, 0.5) is 0 Å². The van der Waals surface area contributed by atoms with Crippen molar-refractivity contribution in [2.24, 2.45) is 7.05 Å². The Morgan fingerprint density at radius 2 is 1.93 bits per heavy atom. The zero-order chi connectivity index (χ0) is 10.7. The predicted molar refractivity (Wildman–Crippen MR) is 61.8 cm³/mol. The van der Waals surface area contributed by atoms with Gasteiger partial charge in [-0.15, -0.1) is 0 Å². The van der Waals surface area contributed by atoms with E-state index in [-0.39, 0.29) is 0 Å². The molecule has 0 unspecified atom stereocenters. The lowest BCUT2D eigenvalue weighted by atomic mass is 10.1. The van der Waals surface area contributed by atoms with E-state index in [1.54, 1.807) is 0 Å². The fourth-order valence-corrected chi connectivity index (χ4v) is 1.82. The molecule has 0 aliphatic carbocycles. The predicted octanol–water partition coefficient (Wildman–Crippen LogP) is 2.57. The van der Waals surface area contributed by atoms with Crippen LogP contribution in [-0.2, 0) is 19.9 Å². The maximum atomic E-state index is 4.49. The van der Waals surface area contributed by atoms with E-state index < -0.39 is 0 Å². The van der Waals surface area contributed by atoms with E-state index in [1.807, 2.05) is 17.8 Å². The highest BCUT2D eigenvalue weighted by atomic mass is 15.2. The summed E-state index contributed by atoms with van der Waals surface area (Å²) in [5.74, 6) is 0. The summed E-state index contributed by atoms with van der Waals surface area (Å²) in [5, 5.41) is 4.49. The van der Waals surface area contributed by atoms with Crippen molar-refractivity contribution in [3.8, 4) is 0 Å². The average Bonchev–Trinajstić information content (AvgIpc) is 2.60. The summed E-state index contributed by atoms with van der Waals surface area (Å²) in [6.07, 6.45) is 4.10. The smallest absolute Gasteiger partial charge is 0.0700 e. The Bertz CT molecular complexity index is 429. The normalized spacial score (nSPS) is 10.5. The third kappa shape index (κ3) is 2.27. The van der Waals surface area contributed by atoms with Crippen molar-refractivity contribution in [3.05, 3.63) is 53.3 Å². The molecule has 0 atom stereocenters. The first kappa shape index (κ1) is 9.97. The van der Waals surface area contributed by atoms with Crippen LogP contribution in [0, 0.1) is 0 Å². The Labute approximate surface area is 90.6 Å². The van der Waals surface area contributed by atoms with Gasteiger partial charge in [0.15, 0.2) is 0 Å². The molecular weight excluding hydrogens is 184 g/mol. The van der Waals surface area contributed by atoms with Gasteiger partial charge in [-0.2, -0.15) is 5.10 Å². The van der Waals surface area contributed by atoms with Crippen LogP contribution in [0.1, 0.15) is 23.7 Å². The van der Waals surface area contributed by atoms with E-state index in [0.29, 0.717) is 0 Å². The van der Waals surface area contributed by atoms with Gasteiger partial charge in [-0.05, 0) is 17.5 Å². The van der Waals surface area contributed by atoms with E-state index in [2.05, 4.69) is 42.5 Å². The van der Waals surface area contributed by atoms with E-state index >= 15 is 0 Å². The van der Waals surface area contributed by atoms with Crippen LogP contribution in [0.2, 0.25) is 0 Å². The molecule has 0 saturated carbocycles. The molecule has 0 radical (unpaired) electrons. The first-order chi connectivity index (χ1) is 7.29. The van der Waals surface area contributed by atoms with Gasteiger partial charge in [0.05, 0.1) is 5.69 Å². The Morgan fingerprint density at radius 1 is 1.20 bits per heavy atom. The first-order valence-electron chi connectivity index (χ1n) is 5.35. The van der Waals surface area contributed by atoms with Crippen molar-refractivity contribution in [1.29, 1.82) is 0 Å². The molecule has 1 heterocycles. The quantitative estimate of drug-likeness (QED) is 0.744. The number of aromatic nitrogens is 2. The molecule has 78 valence electrons.